The van der Waals surface area contributed by atoms with Crippen LogP contribution in [0, 0.1) is 11.3 Å². The van der Waals surface area contributed by atoms with Gasteiger partial charge in [0.2, 0.25) is 5.91 Å². The summed E-state index contributed by atoms with van der Waals surface area (Å²) >= 11 is 0. The Morgan fingerprint density at radius 2 is 2.12 bits per heavy atom. The Hall–Kier alpha value is -2.34. The van der Waals surface area contributed by atoms with E-state index in [-0.39, 0.29) is 11.8 Å². The number of hydrogen-bond acceptors (Lipinski definition) is 3. The monoisotopic (exact) mass is 342 g/mol. The van der Waals surface area contributed by atoms with Gasteiger partial charge in [0.25, 0.3) is 0 Å². The number of ether oxygens (including phenoxy) is 1. The van der Waals surface area contributed by atoms with Crippen molar-refractivity contribution in [1.29, 1.82) is 0 Å². The van der Waals surface area contributed by atoms with Crippen LogP contribution in [0.1, 0.15) is 12.8 Å². The molecular weight excluding hydrogens is 320 g/mol. The topological polar surface area (TPSA) is 71.8 Å². The van der Waals surface area contributed by atoms with Crippen LogP contribution in [-0.2, 0) is 20.9 Å². The second-order valence-corrected chi connectivity index (χ2v) is 7.08. The van der Waals surface area contributed by atoms with Crippen LogP contribution in [-0.4, -0.2) is 52.8 Å². The lowest BCUT2D eigenvalue weighted by Crippen LogP contribution is -2.45. The first kappa shape index (κ1) is 16.1. The van der Waals surface area contributed by atoms with Crippen molar-refractivity contribution in [3.05, 3.63) is 36.5 Å². The summed E-state index contributed by atoms with van der Waals surface area (Å²) in [7, 11) is 0. The van der Waals surface area contributed by atoms with Crippen LogP contribution >= 0.6 is 0 Å². The van der Waals surface area contributed by atoms with Crippen molar-refractivity contribution in [3.8, 4) is 0 Å². The highest BCUT2D eigenvalue weighted by atomic mass is 16.5. The summed E-state index contributed by atoms with van der Waals surface area (Å²) in [5, 5.41) is 10.9. The van der Waals surface area contributed by atoms with Crippen LogP contribution in [0.5, 0.6) is 0 Å². The third-order valence-electron chi connectivity index (χ3n) is 5.73. The molecule has 132 valence electrons. The van der Waals surface area contributed by atoms with Crippen molar-refractivity contribution in [2.45, 2.75) is 19.4 Å². The Labute approximate surface area is 146 Å². The SMILES string of the molecule is O=C(CCn1ccc2ccccc21)N1C[C@H]2COCC[C@@]2(C(=O)O)C1. The minimum atomic E-state index is -0.825. The van der Waals surface area contributed by atoms with Crippen LogP contribution in [0.2, 0.25) is 0 Å². The second kappa shape index (κ2) is 6.19. The number of aryl methyl sites for hydroxylation is 1. The zero-order valence-corrected chi connectivity index (χ0v) is 14.1. The molecule has 1 N–H and O–H groups in total. The fraction of sp³-hybridized carbons (Fsp3) is 0.474. The summed E-state index contributed by atoms with van der Waals surface area (Å²) < 4.78 is 7.52. The largest absolute Gasteiger partial charge is 0.481 e. The fourth-order valence-corrected chi connectivity index (χ4v) is 4.20. The zero-order chi connectivity index (χ0) is 17.4. The van der Waals surface area contributed by atoms with Gasteiger partial charge in [0.05, 0.1) is 12.0 Å². The van der Waals surface area contributed by atoms with Gasteiger partial charge in [0.15, 0.2) is 0 Å². The molecule has 6 nitrogen and oxygen atoms in total. The van der Waals surface area contributed by atoms with E-state index in [4.69, 9.17) is 4.74 Å². The van der Waals surface area contributed by atoms with Gasteiger partial charge in [-0.1, -0.05) is 18.2 Å². The van der Waals surface area contributed by atoms with Gasteiger partial charge in [0, 0.05) is 50.3 Å². The summed E-state index contributed by atoms with van der Waals surface area (Å²) in [4.78, 5) is 26.2. The van der Waals surface area contributed by atoms with E-state index in [2.05, 4.69) is 10.6 Å². The van der Waals surface area contributed by atoms with Crippen LogP contribution in [0.15, 0.2) is 36.5 Å². The van der Waals surface area contributed by atoms with E-state index in [0.29, 0.717) is 45.7 Å². The second-order valence-electron chi connectivity index (χ2n) is 7.08. The molecule has 1 aromatic heterocycles. The Morgan fingerprint density at radius 1 is 1.28 bits per heavy atom. The summed E-state index contributed by atoms with van der Waals surface area (Å²) in [6.07, 6.45) is 2.86. The van der Waals surface area contributed by atoms with E-state index in [9.17, 15) is 14.7 Å². The molecule has 0 radical (unpaired) electrons. The van der Waals surface area contributed by atoms with E-state index in [1.807, 2.05) is 30.5 Å². The number of likely N-dealkylation sites (tertiary alicyclic amines) is 1. The number of amides is 1. The van der Waals surface area contributed by atoms with E-state index in [1.165, 1.54) is 0 Å². The standard InChI is InChI=1S/C19H22N2O4/c22-17(6-9-20-8-5-14-3-1-2-4-16(14)20)21-11-15-12-25-10-7-19(15,13-21)18(23)24/h1-5,8,15H,6-7,9-13H2,(H,23,24)/t15-,19+/m0/s1. The Morgan fingerprint density at radius 3 is 2.92 bits per heavy atom. The molecule has 0 unspecified atom stereocenters. The molecule has 0 aliphatic carbocycles. The number of fused-ring (bicyclic) bond motifs is 2. The van der Waals surface area contributed by atoms with Crippen molar-refractivity contribution < 1.29 is 19.4 Å². The van der Waals surface area contributed by atoms with E-state index < -0.39 is 11.4 Å². The molecular formula is C19H22N2O4. The molecule has 2 atom stereocenters. The maximum Gasteiger partial charge on any atom is 0.311 e. The number of para-hydroxylation sites is 1. The number of carboxylic acids is 1. The van der Waals surface area contributed by atoms with Gasteiger partial charge in [-0.3, -0.25) is 9.59 Å². The van der Waals surface area contributed by atoms with Gasteiger partial charge in [-0.15, -0.1) is 0 Å². The number of aromatic nitrogens is 1. The average Bonchev–Trinajstić information content (AvgIpc) is 3.22. The molecule has 1 amide bonds. The molecule has 1 aromatic carbocycles. The molecule has 3 heterocycles. The van der Waals surface area contributed by atoms with Crippen LogP contribution in [0.25, 0.3) is 10.9 Å². The molecule has 2 saturated heterocycles. The lowest BCUT2D eigenvalue weighted by atomic mass is 9.74. The number of rotatable bonds is 4. The van der Waals surface area contributed by atoms with Crippen LogP contribution < -0.4 is 0 Å². The lowest BCUT2D eigenvalue weighted by molar-refractivity contribution is -0.157. The first-order valence-electron chi connectivity index (χ1n) is 8.73. The molecule has 0 spiro atoms. The van der Waals surface area contributed by atoms with Crippen molar-refractivity contribution in [2.75, 3.05) is 26.3 Å². The smallest absolute Gasteiger partial charge is 0.311 e. The number of hydrogen-bond donors (Lipinski definition) is 1. The van der Waals surface area contributed by atoms with E-state index in [0.717, 1.165) is 10.9 Å². The molecule has 0 saturated carbocycles. The molecule has 2 aliphatic heterocycles. The molecule has 0 bridgehead atoms. The maximum absolute atomic E-state index is 12.7. The highest BCUT2D eigenvalue weighted by Gasteiger charge is 2.54. The summed E-state index contributed by atoms with van der Waals surface area (Å²) in [5.41, 5.74) is 0.287. The molecule has 2 aromatic rings. The minimum Gasteiger partial charge on any atom is -0.481 e. The third-order valence-corrected chi connectivity index (χ3v) is 5.73. The lowest BCUT2D eigenvalue weighted by Gasteiger charge is -2.33. The number of aliphatic carboxylic acids is 1. The number of carbonyl (C=O) groups excluding carboxylic acids is 1. The van der Waals surface area contributed by atoms with Gasteiger partial charge >= 0.3 is 5.97 Å². The summed E-state index contributed by atoms with van der Waals surface area (Å²) in [5.74, 6) is -0.879. The highest BCUT2D eigenvalue weighted by molar-refractivity contribution is 5.82. The molecule has 2 aliphatic rings. The molecule has 4 rings (SSSR count). The third kappa shape index (κ3) is 2.70. The molecule has 25 heavy (non-hydrogen) atoms. The normalized spacial score (nSPS) is 25.9. The Kier molecular flexibility index (Phi) is 4.00. The average molecular weight is 342 g/mol. The zero-order valence-electron chi connectivity index (χ0n) is 14.1. The van der Waals surface area contributed by atoms with Crippen LogP contribution in [0.4, 0.5) is 0 Å². The molecule has 6 heteroatoms. The van der Waals surface area contributed by atoms with Gasteiger partial charge < -0.3 is 19.3 Å². The maximum atomic E-state index is 12.7. The fourth-order valence-electron chi connectivity index (χ4n) is 4.20. The first-order valence-corrected chi connectivity index (χ1v) is 8.73. The number of carboxylic acid groups (broad SMARTS) is 1. The van der Waals surface area contributed by atoms with Crippen molar-refractivity contribution in [2.24, 2.45) is 11.3 Å². The number of nitrogens with zero attached hydrogens (tertiary/aromatic N) is 2. The summed E-state index contributed by atoms with van der Waals surface area (Å²) in [6, 6.07) is 10.1. The van der Waals surface area contributed by atoms with Gasteiger partial charge in [-0.25, -0.2) is 0 Å². The quantitative estimate of drug-likeness (QED) is 0.922. The predicted molar refractivity (Wildman–Crippen MR) is 92.1 cm³/mol. The Balaban J connectivity index is 1.44. The van der Waals surface area contributed by atoms with E-state index >= 15 is 0 Å². The van der Waals surface area contributed by atoms with E-state index in [1.54, 1.807) is 4.90 Å². The number of benzene rings is 1. The van der Waals surface area contributed by atoms with Gasteiger partial charge in [-0.2, -0.15) is 0 Å². The van der Waals surface area contributed by atoms with Crippen LogP contribution in [0.3, 0.4) is 0 Å². The summed E-state index contributed by atoms with van der Waals surface area (Å²) in [6.45, 7) is 2.28. The number of carbonyl (C=O) groups is 2. The van der Waals surface area contributed by atoms with Gasteiger partial charge in [0.1, 0.15) is 0 Å². The molecule has 2 fully saturated rings. The van der Waals surface area contributed by atoms with Crippen molar-refractivity contribution >= 4 is 22.8 Å². The predicted octanol–water partition coefficient (Wildman–Crippen LogP) is 1.98. The van der Waals surface area contributed by atoms with Crippen molar-refractivity contribution in [1.82, 2.24) is 9.47 Å². The van der Waals surface area contributed by atoms with Gasteiger partial charge in [-0.05, 0) is 23.9 Å². The minimum absolute atomic E-state index is 0.0211. The van der Waals surface area contributed by atoms with Crippen molar-refractivity contribution in [3.63, 3.8) is 0 Å². The highest BCUT2D eigenvalue weighted by Crippen LogP contribution is 2.42. The first-order chi connectivity index (χ1) is 12.1. The Bertz CT molecular complexity index is 815.